The molecule has 3 heteroatoms. The second kappa shape index (κ2) is 6.96. The van der Waals surface area contributed by atoms with Gasteiger partial charge in [-0.05, 0) is 42.3 Å². The zero-order valence-electron chi connectivity index (χ0n) is 11.9. The van der Waals surface area contributed by atoms with E-state index in [1.54, 1.807) is 7.11 Å². The van der Waals surface area contributed by atoms with E-state index in [2.05, 4.69) is 0 Å². The smallest absolute Gasteiger partial charge is 0.119 e. The van der Waals surface area contributed by atoms with Crippen LogP contribution in [0.4, 0.5) is 0 Å². The highest BCUT2D eigenvalue weighted by molar-refractivity contribution is 5.36. The van der Waals surface area contributed by atoms with E-state index in [0.29, 0.717) is 13.0 Å². The summed E-state index contributed by atoms with van der Waals surface area (Å²) < 4.78 is 10.8. The average molecular weight is 272 g/mol. The van der Waals surface area contributed by atoms with Crippen molar-refractivity contribution in [3.05, 3.63) is 59.7 Å². The van der Waals surface area contributed by atoms with Crippen molar-refractivity contribution in [3.8, 4) is 11.5 Å². The van der Waals surface area contributed by atoms with Crippen molar-refractivity contribution in [2.75, 3.05) is 13.7 Å². The van der Waals surface area contributed by atoms with Crippen LogP contribution in [0.3, 0.4) is 0 Å². The maximum Gasteiger partial charge on any atom is 0.119 e. The lowest BCUT2D eigenvalue weighted by molar-refractivity contribution is 0.140. The van der Waals surface area contributed by atoms with E-state index >= 15 is 0 Å². The summed E-state index contributed by atoms with van der Waals surface area (Å²) in [6.07, 6.45) is 0.0341. The molecule has 106 valence electrons. The van der Waals surface area contributed by atoms with Gasteiger partial charge >= 0.3 is 0 Å². The van der Waals surface area contributed by atoms with Crippen molar-refractivity contribution in [2.45, 2.75) is 19.4 Å². The summed E-state index contributed by atoms with van der Waals surface area (Å²) in [5.74, 6) is 1.63. The van der Waals surface area contributed by atoms with Crippen LogP contribution < -0.4 is 9.47 Å². The van der Waals surface area contributed by atoms with E-state index in [-0.39, 0.29) is 0 Å². The first kappa shape index (κ1) is 14.4. The first-order chi connectivity index (χ1) is 9.70. The first-order valence-corrected chi connectivity index (χ1v) is 6.71. The SMILES string of the molecule is COc1ccc(C(O)CCOc2ccccc2)c(C)c1. The average Bonchev–Trinajstić information content (AvgIpc) is 2.48. The Morgan fingerprint density at radius 3 is 2.45 bits per heavy atom. The van der Waals surface area contributed by atoms with Gasteiger partial charge in [0, 0.05) is 6.42 Å². The van der Waals surface area contributed by atoms with E-state index < -0.39 is 6.10 Å². The topological polar surface area (TPSA) is 38.7 Å². The summed E-state index contributed by atoms with van der Waals surface area (Å²) in [4.78, 5) is 0. The fraction of sp³-hybridized carbons (Fsp3) is 0.294. The number of aryl methyl sites for hydroxylation is 1. The zero-order chi connectivity index (χ0) is 14.4. The number of para-hydroxylation sites is 1. The van der Waals surface area contributed by atoms with Gasteiger partial charge in [-0.3, -0.25) is 0 Å². The highest BCUT2D eigenvalue weighted by atomic mass is 16.5. The summed E-state index contributed by atoms with van der Waals surface area (Å²) in [7, 11) is 1.64. The number of methoxy groups -OCH3 is 1. The standard InChI is InChI=1S/C17H20O3/c1-13-12-15(19-2)8-9-16(13)17(18)10-11-20-14-6-4-3-5-7-14/h3-9,12,17-18H,10-11H2,1-2H3. The molecule has 0 radical (unpaired) electrons. The lowest BCUT2D eigenvalue weighted by Gasteiger charge is -2.15. The third-order valence-electron chi connectivity index (χ3n) is 3.24. The molecular formula is C17H20O3. The van der Waals surface area contributed by atoms with Gasteiger partial charge in [-0.1, -0.05) is 24.3 Å². The monoisotopic (exact) mass is 272 g/mol. The molecular weight excluding hydrogens is 252 g/mol. The molecule has 2 rings (SSSR count). The van der Waals surface area contributed by atoms with Crippen LogP contribution >= 0.6 is 0 Å². The number of benzene rings is 2. The molecule has 0 fully saturated rings. The maximum absolute atomic E-state index is 10.2. The van der Waals surface area contributed by atoms with Gasteiger partial charge in [-0.25, -0.2) is 0 Å². The minimum atomic E-state index is -0.524. The first-order valence-electron chi connectivity index (χ1n) is 6.71. The zero-order valence-corrected chi connectivity index (χ0v) is 11.9. The van der Waals surface area contributed by atoms with Gasteiger partial charge in [0.2, 0.25) is 0 Å². The Labute approximate surface area is 119 Å². The van der Waals surface area contributed by atoms with E-state index in [9.17, 15) is 5.11 Å². The number of aliphatic hydroxyl groups is 1. The molecule has 1 N–H and O–H groups in total. The van der Waals surface area contributed by atoms with Gasteiger partial charge < -0.3 is 14.6 Å². The van der Waals surface area contributed by atoms with Crippen molar-refractivity contribution < 1.29 is 14.6 Å². The molecule has 3 nitrogen and oxygen atoms in total. The van der Waals surface area contributed by atoms with Gasteiger partial charge in [0.05, 0.1) is 19.8 Å². The normalized spacial score (nSPS) is 11.9. The third kappa shape index (κ3) is 3.75. The van der Waals surface area contributed by atoms with E-state index in [4.69, 9.17) is 9.47 Å². The van der Waals surface area contributed by atoms with E-state index in [0.717, 1.165) is 22.6 Å². The largest absolute Gasteiger partial charge is 0.497 e. The fourth-order valence-corrected chi connectivity index (χ4v) is 2.11. The number of hydrogen-bond acceptors (Lipinski definition) is 3. The summed E-state index contributed by atoms with van der Waals surface area (Å²) in [5.41, 5.74) is 1.94. The molecule has 0 amide bonds. The molecule has 0 aliphatic carbocycles. The predicted octanol–water partition coefficient (Wildman–Crippen LogP) is 3.51. The predicted molar refractivity (Wildman–Crippen MR) is 79.2 cm³/mol. The van der Waals surface area contributed by atoms with Crippen LogP contribution in [-0.4, -0.2) is 18.8 Å². The van der Waals surface area contributed by atoms with Crippen LogP contribution in [0.25, 0.3) is 0 Å². The van der Waals surface area contributed by atoms with Crippen molar-refractivity contribution in [1.82, 2.24) is 0 Å². The highest BCUT2D eigenvalue weighted by Crippen LogP contribution is 2.24. The van der Waals surface area contributed by atoms with Crippen LogP contribution in [0.2, 0.25) is 0 Å². The molecule has 0 saturated heterocycles. The molecule has 1 unspecified atom stereocenters. The Morgan fingerprint density at radius 1 is 1.05 bits per heavy atom. The van der Waals surface area contributed by atoms with Crippen LogP contribution in [0.1, 0.15) is 23.7 Å². The highest BCUT2D eigenvalue weighted by Gasteiger charge is 2.11. The molecule has 0 aliphatic rings. The Balaban J connectivity index is 1.90. The summed E-state index contributed by atoms with van der Waals surface area (Å²) in [6, 6.07) is 15.3. The maximum atomic E-state index is 10.2. The second-order valence-electron chi connectivity index (χ2n) is 4.69. The lowest BCUT2D eigenvalue weighted by atomic mass is 10.0. The van der Waals surface area contributed by atoms with Crippen molar-refractivity contribution >= 4 is 0 Å². The van der Waals surface area contributed by atoms with Gasteiger partial charge in [-0.2, -0.15) is 0 Å². The van der Waals surface area contributed by atoms with Crippen molar-refractivity contribution in [3.63, 3.8) is 0 Å². The number of ether oxygens (including phenoxy) is 2. The molecule has 2 aromatic rings. The Hall–Kier alpha value is -2.00. The van der Waals surface area contributed by atoms with Gasteiger partial charge in [-0.15, -0.1) is 0 Å². The van der Waals surface area contributed by atoms with Crippen molar-refractivity contribution in [1.29, 1.82) is 0 Å². The Morgan fingerprint density at radius 2 is 1.80 bits per heavy atom. The molecule has 0 spiro atoms. The molecule has 2 aromatic carbocycles. The van der Waals surface area contributed by atoms with E-state index in [1.165, 1.54) is 0 Å². The van der Waals surface area contributed by atoms with Crippen LogP contribution in [0, 0.1) is 6.92 Å². The number of aliphatic hydroxyl groups excluding tert-OH is 1. The molecule has 20 heavy (non-hydrogen) atoms. The van der Waals surface area contributed by atoms with Crippen LogP contribution in [-0.2, 0) is 0 Å². The fourth-order valence-electron chi connectivity index (χ4n) is 2.11. The van der Waals surface area contributed by atoms with Crippen LogP contribution in [0.15, 0.2) is 48.5 Å². The van der Waals surface area contributed by atoms with Crippen molar-refractivity contribution in [2.24, 2.45) is 0 Å². The van der Waals surface area contributed by atoms with E-state index in [1.807, 2.05) is 55.5 Å². The summed E-state index contributed by atoms with van der Waals surface area (Å²) >= 11 is 0. The Kier molecular flexibility index (Phi) is 5.02. The van der Waals surface area contributed by atoms with Gasteiger partial charge in [0.25, 0.3) is 0 Å². The molecule has 0 bridgehead atoms. The molecule has 1 atom stereocenters. The molecule has 0 saturated carbocycles. The quantitative estimate of drug-likeness (QED) is 0.874. The number of rotatable bonds is 6. The molecule has 0 aliphatic heterocycles. The number of hydrogen-bond donors (Lipinski definition) is 1. The molecule has 0 heterocycles. The molecule has 0 aromatic heterocycles. The summed E-state index contributed by atoms with van der Waals surface area (Å²) in [6.45, 7) is 2.45. The van der Waals surface area contributed by atoms with Gasteiger partial charge in [0.15, 0.2) is 0 Å². The van der Waals surface area contributed by atoms with Gasteiger partial charge in [0.1, 0.15) is 11.5 Å². The Bertz CT molecular complexity index is 537. The third-order valence-corrected chi connectivity index (χ3v) is 3.24. The van der Waals surface area contributed by atoms with Crippen LogP contribution in [0.5, 0.6) is 11.5 Å². The summed E-state index contributed by atoms with van der Waals surface area (Å²) in [5, 5.41) is 10.2. The minimum Gasteiger partial charge on any atom is -0.497 e. The second-order valence-corrected chi connectivity index (χ2v) is 4.69. The lowest BCUT2D eigenvalue weighted by Crippen LogP contribution is -2.06. The minimum absolute atomic E-state index is 0.483.